The van der Waals surface area contributed by atoms with E-state index < -0.39 is 18.0 Å². The Morgan fingerprint density at radius 1 is 1.25 bits per heavy atom. The third kappa shape index (κ3) is 3.71. The Morgan fingerprint density at radius 3 is 2.45 bits per heavy atom. The molecule has 1 aromatic carbocycles. The van der Waals surface area contributed by atoms with Crippen LogP contribution in [0.3, 0.4) is 0 Å². The van der Waals surface area contributed by atoms with E-state index in [1.165, 1.54) is 20.0 Å². The van der Waals surface area contributed by atoms with Crippen LogP contribution in [0, 0.1) is 6.92 Å². The van der Waals surface area contributed by atoms with Crippen molar-refractivity contribution in [1.29, 1.82) is 0 Å². The molecule has 0 fully saturated rings. The molecule has 7 nitrogen and oxygen atoms in total. The SMILES string of the molecule is CNC(=O)C(C)NC(=O)Nc1c(C)cccc1C(=O)O. The molecule has 0 aromatic heterocycles. The molecular weight excluding hydrogens is 262 g/mol. The normalized spacial score (nSPS) is 11.3. The standard InChI is InChI=1S/C13H17N3O4/c1-7-5-4-6-9(12(18)19)10(7)16-13(20)15-8(2)11(17)14-3/h4-6,8H,1-3H3,(H,14,17)(H,18,19)(H2,15,16,20). The Balaban J connectivity index is 2.86. The number of carboxylic acid groups (broad SMARTS) is 1. The molecule has 108 valence electrons. The number of nitrogens with one attached hydrogen (secondary N) is 3. The van der Waals surface area contributed by atoms with E-state index >= 15 is 0 Å². The van der Waals surface area contributed by atoms with Crippen LogP contribution < -0.4 is 16.0 Å². The van der Waals surface area contributed by atoms with Crippen LogP contribution in [-0.2, 0) is 4.79 Å². The van der Waals surface area contributed by atoms with Gasteiger partial charge in [-0.1, -0.05) is 12.1 Å². The molecule has 1 atom stereocenters. The first-order valence-electron chi connectivity index (χ1n) is 5.98. The van der Waals surface area contributed by atoms with Crippen molar-refractivity contribution in [3.63, 3.8) is 0 Å². The first kappa shape index (κ1) is 15.5. The molecule has 4 N–H and O–H groups in total. The van der Waals surface area contributed by atoms with Gasteiger partial charge in [0.2, 0.25) is 5.91 Å². The molecule has 3 amide bonds. The quantitative estimate of drug-likeness (QED) is 0.658. The van der Waals surface area contributed by atoms with Gasteiger partial charge in [-0.25, -0.2) is 9.59 Å². The van der Waals surface area contributed by atoms with Gasteiger partial charge in [-0.05, 0) is 25.5 Å². The van der Waals surface area contributed by atoms with Gasteiger partial charge in [0, 0.05) is 7.05 Å². The summed E-state index contributed by atoms with van der Waals surface area (Å²) in [6.07, 6.45) is 0. The molecule has 0 spiro atoms. The summed E-state index contributed by atoms with van der Waals surface area (Å²) < 4.78 is 0. The molecule has 0 bridgehead atoms. The molecular formula is C13H17N3O4. The van der Waals surface area contributed by atoms with E-state index in [9.17, 15) is 14.4 Å². The van der Waals surface area contributed by atoms with Crippen molar-refractivity contribution < 1.29 is 19.5 Å². The summed E-state index contributed by atoms with van der Waals surface area (Å²) in [7, 11) is 1.46. The Labute approximate surface area is 116 Å². The number of carbonyl (C=O) groups excluding carboxylic acids is 2. The van der Waals surface area contributed by atoms with Gasteiger partial charge in [-0.15, -0.1) is 0 Å². The lowest BCUT2D eigenvalue weighted by atomic mass is 10.1. The van der Waals surface area contributed by atoms with Crippen molar-refractivity contribution >= 4 is 23.6 Å². The highest BCUT2D eigenvalue weighted by Gasteiger charge is 2.17. The Morgan fingerprint density at radius 2 is 1.90 bits per heavy atom. The summed E-state index contributed by atoms with van der Waals surface area (Å²) in [6, 6.07) is 3.31. The van der Waals surface area contributed by atoms with Crippen LogP contribution in [-0.4, -0.2) is 36.1 Å². The topological polar surface area (TPSA) is 108 Å². The van der Waals surface area contributed by atoms with E-state index in [-0.39, 0.29) is 17.2 Å². The molecule has 0 saturated heterocycles. The van der Waals surface area contributed by atoms with Gasteiger partial charge < -0.3 is 21.1 Å². The van der Waals surface area contributed by atoms with Crippen molar-refractivity contribution in [1.82, 2.24) is 10.6 Å². The number of carboxylic acids is 1. The van der Waals surface area contributed by atoms with Gasteiger partial charge in [-0.2, -0.15) is 0 Å². The molecule has 1 aromatic rings. The molecule has 1 unspecified atom stereocenters. The molecule has 0 heterocycles. The second-order valence-electron chi connectivity index (χ2n) is 4.24. The average Bonchev–Trinajstić information content (AvgIpc) is 2.39. The second kappa shape index (κ2) is 6.55. The number of benzene rings is 1. The number of aryl methyl sites for hydroxylation is 1. The molecule has 0 aliphatic rings. The number of aromatic carboxylic acids is 1. The Bertz CT molecular complexity index is 542. The van der Waals surface area contributed by atoms with Crippen LogP contribution in [0.4, 0.5) is 10.5 Å². The predicted octanol–water partition coefficient (Wildman–Crippen LogP) is 0.949. The van der Waals surface area contributed by atoms with Crippen LogP contribution in [0.25, 0.3) is 0 Å². The van der Waals surface area contributed by atoms with Gasteiger partial charge in [-0.3, -0.25) is 4.79 Å². The van der Waals surface area contributed by atoms with Crippen molar-refractivity contribution in [3.8, 4) is 0 Å². The number of rotatable bonds is 4. The van der Waals surface area contributed by atoms with Crippen molar-refractivity contribution in [3.05, 3.63) is 29.3 Å². The summed E-state index contributed by atoms with van der Waals surface area (Å²) >= 11 is 0. The number of anilines is 1. The number of carbonyl (C=O) groups is 3. The van der Waals surface area contributed by atoms with E-state index in [0.29, 0.717) is 5.56 Å². The minimum absolute atomic E-state index is 0.00672. The second-order valence-corrected chi connectivity index (χ2v) is 4.24. The predicted molar refractivity (Wildman–Crippen MR) is 73.8 cm³/mol. The lowest BCUT2D eigenvalue weighted by Gasteiger charge is -2.15. The zero-order valence-electron chi connectivity index (χ0n) is 11.5. The fourth-order valence-electron chi connectivity index (χ4n) is 1.64. The lowest BCUT2D eigenvalue weighted by Crippen LogP contribution is -2.45. The van der Waals surface area contributed by atoms with Crippen molar-refractivity contribution in [2.24, 2.45) is 0 Å². The number of hydrogen-bond acceptors (Lipinski definition) is 3. The Kier molecular flexibility index (Phi) is 5.08. The van der Waals surface area contributed by atoms with Crippen LogP contribution in [0.2, 0.25) is 0 Å². The molecule has 0 aliphatic heterocycles. The average molecular weight is 279 g/mol. The zero-order valence-corrected chi connectivity index (χ0v) is 11.5. The third-order valence-electron chi connectivity index (χ3n) is 2.73. The van der Waals surface area contributed by atoms with Crippen molar-refractivity contribution in [2.75, 3.05) is 12.4 Å². The zero-order chi connectivity index (χ0) is 15.3. The summed E-state index contributed by atoms with van der Waals surface area (Å²) in [5, 5.41) is 16.4. The minimum atomic E-state index is -1.14. The van der Waals surface area contributed by atoms with Gasteiger partial charge in [0.1, 0.15) is 6.04 Å². The summed E-state index contributed by atoms with van der Waals surface area (Å²) in [5.41, 5.74) is 0.821. The lowest BCUT2D eigenvalue weighted by molar-refractivity contribution is -0.122. The monoisotopic (exact) mass is 279 g/mol. The third-order valence-corrected chi connectivity index (χ3v) is 2.73. The molecule has 0 aliphatic carbocycles. The number of likely N-dealkylation sites (N-methyl/N-ethyl adjacent to an activating group) is 1. The Hall–Kier alpha value is -2.57. The highest BCUT2D eigenvalue weighted by atomic mass is 16.4. The van der Waals surface area contributed by atoms with Crippen LogP contribution >= 0.6 is 0 Å². The van der Waals surface area contributed by atoms with E-state index in [1.54, 1.807) is 19.1 Å². The van der Waals surface area contributed by atoms with Crippen LogP contribution in [0.5, 0.6) is 0 Å². The highest BCUT2D eigenvalue weighted by molar-refractivity contribution is 6.01. The molecule has 1 rings (SSSR count). The molecule has 20 heavy (non-hydrogen) atoms. The van der Waals surface area contributed by atoms with Gasteiger partial charge >= 0.3 is 12.0 Å². The van der Waals surface area contributed by atoms with Crippen LogP contribution in [0.15, 0.2) is 18.2 Å². The summed E-state index contributed by atoms with van der Waals surface area (Å²) in [6.45, 7) is 3.21. The number of urea groups is 1. The van der Waals surface area contributed by atoms with Gasteiger partial charge in [0.15, 0.2) is 0 Å². The first-order valence-corrected chi connectivity index (χ1v) is 5.98. The van der Waals surface area contributed by atoms with E-state index in [2.05, 4.69) is 16.0 Å². The largest absolute Gasteiger partial charge is 0.478 e. The van der Waals surface area contributed by atoms with E-state index in [4.69, 9.17) is 5.11 Å². The highest BCUT2D eigenvalue weighted by Crippen LogP contribution is 2.20. The maximum absolute atomic E-state index is 11.8. The fraction of sp³-hybridized carbons (Fsp3) is 0.308. The number of hydrogen-bond donors (Lipinski definition) is 4. The van der Waals surface area contributed by atoms with Crippen molar-refractivity contribution in [2.45, 2.75) is 19.9 Å². The number of para-hydroxylation sites is 1. The molecule has 0 radical (unpaired) electrons. The minimum Gasteiger partial charge on any atom is -0.478 e. The van der Waals surface area contributed by atoms with Gasteiger partial charge in [0.05, 0.1) is 11.3 Å². The molecule has 7 heteroatoms. The molecule has 0 saturated carbocycles. The smallest absolute Gasteiger partial charge is 0.337 e. The number of amides is 3. The fourth-order valence-corrected chi connectivity index (χ4v) is 1.64. The maximum atomic E-state index is 11.8. The summed E-state index contributed by atoms with van der Waals surface area (Å²) in [5.74, 6) is -1.48. The van der Waals surface area contributed by atoms with Crippen LogP contribution in [0.1, 0.15) is 22.8 Å². The van der Waals surface area contributed by atoms with Gasteiger partial charge in [0.25, 0.3) is 0 Å². The summed E-state index contributed by atoms with van der Waals surface area (Å²) in [4.78, 5) is 34.2. The maximum Gasteiger partial charge on any atom is 0.337 e. The first-order chi connectivity index (χ1) is 9.36. The van der Waals surface area contributed by atoms with E-state index in [1.807, 2.05) is 0 Å². The van der Waals surface area contributed by atoms with E-state index in [0.717, 1.165) is 0 Å².